The smallest absolute Gasteiger partial charge is 0.229 e. The summed E-state index contributed by atoms with van der Waals surface area (Å²) in [5.74, 6) is -1.26. The van der Waals surface area contributed by atoms with Crippen LogP contribution in [-0.4, -0.2) is 59.8 Å². The Bertz CT molecular complexity index is 1780. The summed E-state index contributed by atoms with van der Waals surface area (Å²) in [5, 5.41) is 7.74. The average Bonchev–Trinajstić information content (AvgIpc) is 3.55. The molecular weight excluding hydrogens is 585 g/mol. The number of benzene rings is 1. The Kier molecular flexibility index (Phi) is 7.73. The first-order chi connectivity index (χ1) is 20.1. The molecule has 1 amide bonds. The molecule has 13 heteroatoms. The van der Waals surface area contributed by atoms with Gasteiger partial charge in [0.15, 0.2) is 16.1 Å². The van der Waals surface area contributed by atoms with Crippen LogP contribution < -0.4 is 5.32 Å². The van der Waals surface area contributed by atoms with Crippen LogP contribution in [0.5, 0.6) is 0 Å². The van der Waals surface area contributed by atoms with Crippen LogP contribution in [-0.2, 0) is 31.2 Å². The molecule has 4 heterocycles. The van der Waals surface area contributed by atoms with Gasteiger partial charge in [0, 0.05) is 73.0 Å². The molecule has 1 aliphatic carbocycles. The second-order valence-corrected chi connectivity index (χ2v) is 13.1. The lowest BCUT2D eigenvalue weighted by molar-refractivity contribution is -0.165. The van der Waals surface area contributed by atoms with Crippen LogP contribution in [0.3, 0.4) is 0 Å². The molecule has 1 N–H and O–H groups in total. The highest BCUT2D eigenvalue weighted by Gasteiger charge is 2.56. The van der Waals surface area contributed by atoms with E-state index in [4.69, 9.17) is 21.1 Å². The molecule has 1 saturated carbocycles. The number of aromatic nitrogens is 4. The van der Waals surface area contributed by atoms with Gasteiger partial charge in [0.25, 0.3) is 0 Å². The number of nitrogens with zero attached hydrogens (tertiary/aromatic N) is 4. The van der Waals surface area contributed by atoms with Crippen LogP contribution in [0.2, 0.25) is 5.02 Å². The highest BCUT2D eigenvalue weighted by molar-refractivity contribution is 7.90. The normalized spacial score (nSPS) is 22.3. The first-order valence-corrected chi connectivity index (χ1v) is 15.8. The predicted molar refractivity (Wildman–Crippen MR) is 154 cm³/mol. The van der Waals surface area contributed by atoms with Gasteiger partial charge in [0.1, 0.15) is 11.6 Å². The molecule has 2 fully saturated rings. The third kappa shape index (κ3) is 5.63. The number of sulfone groups is 1. The number of nitrogens with one attached hydrogen (secondary N) is 1. The summed E-state index contributed by atoms with van der Waals surface area (Å²) >= 11 is 6.37. The van der Waals surface area contributed by atoms with Crippen molar-refractivity contribution in [3.8, 4) is 11.1 Å². The monoisotopic (exact) mass is 613 g/mol. The molecule has 2 aliphatic rings. The number of hydrogen-bond donors (Lipinski definition) is 1. The molecule has 4 atom stereocenters. The zero-order valence-electron chi connectivity index (χ0n) is 23.0. The zero-order valence-corrected chi connectivity index (χ0v) is 24.5. The van der Waals surface area contributed by atoms with Gasteiger partial charge in [-0.2, -0.15) is 5.10 Å². The van der Waals surface area contributed by atoms with Gasteiger partial charge >= 0.3 is 0 Å². The zero-order chi connectivity index (χ0) is 29.6. The van der Waals surface area contributed by atoms with Crippen LogP contribution >= 0.6 is 11.6 Å². The molecule has 10 nitrogen and oxygen atoms in total. The molecular formula is C29H29ClFN5O5S. The Labute approximate surface area is 247 Å². The lowest BCUT2D eigenvalue weighted by Gasteiger charge is -2.22. The largest absolute Gasteiger partial charge is 0.353 e. The summed E-state index contributed by atoms with van der Waals surface area (Å²) < 4.78 is 53.5. The summed E-state index contributed by atoms with van der Waals surface area (Å²) in [6.07, 6.45) is 11.3. The second kappa shape index (κ2) is 11.3. The van der Waals surface area contributed by atoms with Crippen LogP contribution in [0, 0.1) is 17.7 Å². The summed E-state index contributed by atoms with van der Waals surface area (Å²) in [6.45, 7) is 1.05. The van der Waals surface area contributed by atoms with Gasteiger partial charge in [-0.25, -0.2) is 17.8 Å². The van der Waals surface area contributed by atoms with Crippen molar-refractivity contribution in [1.29, 1.82) is 0 Å². The minimum absolute atomic E-state index is 0.0227. The molecule has 3 aromatic heterocycles. The van der Waals surface area contributed by atoms with E-state index in [1.807, 2.05) is 13.2 Å². The van der Waals surface area contributed by atoms with Crippen molar-refractivity contribution in [3.63, 3.8) is 0 Å². The molecule has 0 spiro atoms. The van der Waals surface area contributed by atoms with Gasteiger partial charge in [-0.05, 0) is 48.4 Å². The SMILES string of the molecule is Cn1cc(C2C(COC3CCCCO3)C2C(=O)Nc2cc3cc(-c4cnccc4S(C)(=O)=O)c(F)c(Cl)c3cn2)cn1. The van der Waals surface area contributed by atoms with E-state index < -0.39 is 15.7 Å². The molecule has 1 aromatic carbocycles. The van der Waals surface area contributed by atoms with Gasteiger partial charge in [0.05, 0.1) is 28.6 Å². The lowest BCUT2D eigenvalue weighted by Crippen LogP contribution is -2.24. The number of aryl methyl sites for hydroxylation is 1. The van der Waals surface area contributed by atoms with Crippen LogP contribution in [0.25, 0.3) is 21.9 Å². The van der Waals surface area contributed by atoms with E-state index in [2.05, 4.69) is 20.4 Å². The molecule has 4 unspecified atom stereocenters. The Morgan fingerprint density at radius 2 is 2.07 bits per heavy atom. The fourth-order valence-electron chi connectivity index (χ4n) is 5.68. The summed E-state index contributed by atoms with van der Waals surface area (Å²) in [7, 11) is -1.85. The minimum Gasteiger partial charge on any atom is -0.353 e. The minimum atomic E-state index is -3.68. The number of carbonyl (C=O) groups is 1. The van der Waals surface area contributed by atoms with E-state index in [0.717, 1.165) is 31.1 Å². The Hall–Kier alpha value is -3.45. The molecule has 0 bridgehead atoms. The quantitative estimate of drug-likeness (QED) is 0.302. The van der Waals surface area contributed by atoms with Crippen LogP contribution in [0.15, 0.2) is 54.1 Å². The second-order valence-electron chi connectivity index (χ2n) is 10.8. The number of anilines is 1. The highest BCUT2D eigenvalue weighted by atomic mass is 35.5. The van der Waals surface area contributed by atoms with E-state index in [1.165, 1.54) is 30.7 Å². The number of carbonyl (C=O) groups excluding carboxylic acids is 1. The first kappa shape index (κ1) is 28.7. The maximum atomic E-state index is 15.4. The van der Waals surface area contributed by atoms with Crippen molar-refractivity contribution in [2.45, 2.75) is 36.4 Å². The van der Waals surface area contributed by atoms with E-state index >= 15 is 4.39 Å². The van der Waals surface area contributed by atoms with Crippen molar-refractivity contribution in [3.05, 3.63) is 65.6 Å². The van der Waals surface area contributed by atoms with Crippen LogP contribution in [0.4, 0.5) is 10.2 Å². The fourth-order valence-corrected chi connectivity index (χ4v) is 6.81. The summed E-state index contributed by atoms with van der Waals surface area (Å²) in [5.41, 5.74) is 1.02. The van der Waals surface area contributed by atoms with Crippen molar-refractivity contribution in [1.82, 2.24) is 19.7 Å². The number of fused-ring (bicyclic) bond motifs is 1. The number of pyridine rings is 2. The number of halogens is 2. The summed E-state index contributed by atoms with van der Waals surface area (Å²) in [4.78, 5) is 21.7. The third-order valence-electron chi connectivity index (χ3n) is 7.82. The van der Waals surface area contributed by atoms with Gasteiger partial charge in [-0.1, -0.05) is 11.6 Å². The Balaban J connectivity index is 1.27. The molecule has 0 radical (unpaired) electrons. The Morgan fingerprint density at radius 1 is 1.24 bits per heavy atom. The first-order valence-electron chi connectivity index (χ1n) is 13.6. The molecule has 1 saturated heterocycles. The number of amides is 1. The standard InChI is InChI=1S/C29H29ClFN5O5S/c1-36-14-17(11-34-36)25-21(15-41-24-5-3-4-8-40-24)26(25)29(37)35-23-10-16-9-18(28(31)27(30)19(16)13-33-23)20-12-32-7-6-22(20)42(2,38)39/h6-7,9-14,21,24-26H,3-5,8,15H2,1-2H3,(H,33,35,37). The number of rotatable bonds is 8. The van der Waals surface area contributed by atoms with Gasteiger partial charge in [-0.15, -0.1) is 0 Å². The van der Waals surface area contributed by atoms with Gasteiger partial charge in [-0.3, -0.25) is 14.5 Å². The molecule has 42 heavy (non-hydrogen) atoms. The highest BCUT2D eigenvalue weighted by Crippen LogP contribution is 2.54. The molecule has 6 rings (SSSR count). The van der Waals surface area contributed by atoms with Gasteiger partial charge < -0.3 is 14.8 Å². The van der Waals surface area contributed by atoms with Gasteiger partial charge in [0.2, 0.25) is 5.91 Å². The average molecular weight is 614 g/mol. The van der Waals surface area contributed by atoms with E-state index in [1.54, 1.807) is 16.9 Å². The van der Waals surface area contributed by atoms with Crippen molar-refractivity contribution in [2.24, 2.45) is 18.9 Å². The topological polar surface area (TPSA) is 125 Å². The van der Waals surface area contributed by atoms with E-state index in [0.29, 0.717) is 24.0 Å². The van der Waals surface area contributed by atoms with Crippen molar-refractivity contribution in [2.75, 3.05) is 24.8 Å². The van der Waals surface area contributed by atoms with Crippen LogP contribution in [0.1, 0.15) is 30.7 Å². The molecule has 1 aliphatic heterocycles. The lowest BCUT2D eigenvalue weighted by atomic mass is 10.0. The fraction of sp³-hybridized carbons (Fsp3) is 0.379. The molecule has 220 valence electrons. The van der Waals surface area contributed by atoms with Crippen molar-refractivity contribution < 1.29 is 27.1 Å². The van der Waals surface area contributed by atoms with E-state index in [-0.39, 0.29) is 56.8 Å². The van der Waals surface area contributed by atoms with E-state index in [9.17, 15) is 13.2 Å². The third-order valence-corrected chi connectivity index (χ3v) is 9.34. The Morgan fingerprint density at radius 3 is 2.79 bits per heavy atom. The maximum Gasteiger partial charge on any atom is 0.229 e. The summed E-state index contributed by atoms with van der Waals surface area (Å²) in [6, 6.07) is 4.38. The number of ether oxygens (including phenoxy) is 2. The maximum absolute atomic E-state index is 15.4. The predicted octanol–water partition coefficient (Wildman–Crippen LogP) is 4.74. The molecule has 4 aromatic rings. The number of hydrogen-bond acceptors (Lipinski definition) is 8. The van der Waals surface area contributed by atoms with Crippen molar-refractivity contribution >= 4 is 43.9 Å².